The number of H-pyrrole nitrogens is 1. The number of benzene rings is 3. The van der Waals surface area contributed by atoms with Crippen molar-refractivity contribution < 1.29 is 14.3 Å². The van der Waals surface area contributed by atoms with E-state index in [0.717, 1.165) is 10.9 Å². The maximum absolute atomic E-state index is 12.5. The van der Waals surface area contributed by atoms with Crippen molar-refractivity contribution in [3.63, 3.8) is 0 Å². The summed E-state index contributed by atoms with van der Waals surface area (Å²) in [5.41, 5.74) is 3.04. The summed E-state index contributed by atoms with van der Waals surface area (Å²) in [5.74, 6) is 0.0819. The number of aromatic amines is 1. The summed E-state index contributed by atoms with van der Waals surface area (Å²) in [6, 6.07) is 23.4. The van der Waals surface area contributed by atoms with Crippen molar-refractivity contribution in [1.82, 2.24) is 4.98 Å². The molecule has 1 heterocycles. The smallest absolute Gasteiger partial charge is 0.272 e. The number of carbonyl (C=O) groups excluding carboxylic acids is 2. The van der Waals surface area contributed by atoms with E-state index in [-0.39, 0.29) is 11.8 Å². The number of nitrogens with one attached hydrogen (secondary N) is 3. The van der Waals surface area contributed by atoms with E-state index >= 15 is 0 Å². The highest BCUT2D eigenvalue weighted by molar-refractivity contribution is 6.07. The molecule has 0 fully saturated rings. The molecular formula is C23H19N3O3. The molecule has 0 aliphatic heterocycles. The van der Waals surface area contributed by atoms with Gasteiger partial charge in [0.1, 0.15) is 11.4 Å². The number of hydrogen-bond acceptors (Lipinski definition) is 3. The van der Waals surface area contributed by atoms with Crippen LogP contribution in [0.15, 0.2) is 78.9 Å². The van der Waals surface area contributed by atoms with Gasteiger partial charge >= 0.3 is 0 Å². The number of methoxy groups -OCH3 is 1. The van der Waals surface area contributed by atoms with Gasteiger partial charge < -0.3 is 20.4 Å². The first-order valence-electron chi connectivity index (χ1n) is 9.07. The Morgan fingerprint density at radius 2 is 1.55 bits per heavy atom. The van der Waals surface area contributed by atoms with Gasteiger partial charge in [0.2, 0.25) is 0 Å². The fraction of sp³-hybridized carbons (Fsp3) is 0.0435. The first-order valence-corrected chi connectivity index (χ1v) is 9.07. The summed E-state index contributed by atoms with van der Waals surface area (Å²) in [6.45, 7) is 0. The van der Waals surface area contributed by atoms with Crippen molar-refractivity contribution in [3.8, 4) is 5.75 Å². The molecule has 2 amide bonds. The average molecular weight is 385 g/mol. The van der Waals surface area contributed by atoms with Gasteiger partial charge in [0, 0.05) is 22.2 Å². The molecule has 144 valence electrons. The zero-order valence-electron chi connectivity index (χ0n) is 15.7. The van der Waals surface area contributed by atoms with Gasteiger partial charge in [0.25, 0.3) is 11.8 Å². The molecular weight excluding hydrogens is 366 g/mol. The van der Waals surface area contributed by atoms with E-state index in [9.17, 15) is 9.59 Å². The number of hydrogen-bond donors (Lipinski definition) is 3. The molecule has 0 unspecified atom stereocenters. The number of fused-ring (bicyclic) bond motifs is 1. The van der Waals surface area contributed by atoms with Gasteiger partial charge in [0.05, 0.1) is 12.8 Å². The van der Waals surface area contributed by atoms with E-state index < -0.39 is 0 Å². The zero-order valence-corrected chi connectivity index (χ0v) is 15.7. The van der Waals surface area contributed by atoms with E-state index in [2.05, 4.69) is 15.6 Å². The second-order valence-corrected chi connectivity index (χ2v) is 6.46. The Hall–Kier alpha value is -4.06. The van der Waals surface area contributed by atoms with Crippen molar-refractivity contribution in [3.05, 3.63) is 90.1 Å². The lowest BCUT2D eigenvalue weighted by Gasteiger charge is -2.10. The van der Waals surface area contributed by atoms with E-state index in [1.807, 2.05) is 36.4 Å². The van der Waals surface area contributed by atoms with E-state index in [0.29, 0.717) is 28.4 Å². The van der Waals surface area contributed by atoms with Crippen LogP contribution >= 0.6 is 0 Å². The topological polar surface area (TPSA) is 83.2 Å². The lowest BCUT2D eigenvalue weighted by Crippen LogP contribution is -2.14. The predicted molar refractivity (Wildman–Crippen MR) is 114 cm³/mol. The molecule has 4 rings (SSSR count). The molecule has 4 aromatic rings. The monoisotopic (exact) mass is 385 g/mol. The van der Waals surface area contributed by atoms with Crippen LogP contribution in [0.1, 0.15) is 20.8 Å². The van der Waals surface area contributed by atoms with Gasteiger partial charge in [-0.05, 0) is 48.5 Å². The molecule has 6 nitrogen and oxygen atoms in total. The highest BCUT2D eigenvalue weighted by Crippen LogP contribution is 2.24. The van der Waals surface area contributed by atoms with Gasteiger partial charge in [0.15, 0.2) is 0 Å². The molecule has 0 bridgehead atoms. The lowest BCUT2D eigenvalue weighted by molar-refractivity contribution is 0.101. The average Bonchev–Trinajstić information content (AvgIpc) is 3.19. The van der Waals surface area contributed by atoms with E-state index in [1.54, 1.807) is 49.6 Å². The minimum atomic E-state index is -0.261. The first-order chi connectivity index (χ1) is 14.1. The van der Waals surface area contributed by atoms with Crippen LogP contribution in [-0.2, 0) is 0 Å². The van der Waals surface area contributed by atoms with Crippen LogP contribution in [0.3, 0.4) is 0 Å². The number of aromatic nitrogens is 1. The summed E-state index contributed by atoms with van der Waals surface area (Å²) >= 11 is 0. The highest BCUT2D eigenvalue weighted by Gasteiger charge is 2.12. The SMILES string of the molecule is COc1ccccc1NC(=O)c1ccc(NC(=O)c2cc3ccccc3[nH]2)cc1. The highest BCUT2D eigenvalue weighted by atomic mass is 16.5. The zero-order chi connectivity index (χ0) is 20.2. The van der Waals surface area contributed by atoms with Crippen LogP contribution in [-0.4, -0.2) is 23.9 Å². The fourth-order valence-electron chi connectivity index (χ4n) is 3.04. The molecule has 6 heteroatoms. The third-order valence-corrected chi connectivity index (χ3v) is 4.53. The van der Waals surface area contributed by atoms with Gasteiger partial charge in [-0.1, -0.05) is 30.3 Å². The van der Waals surface area contributed by atoms with Gasteiger partial charge in [-0.2, -0.15) is 0 Å². The Labute approximate surface area is 167 Å². The number of rotatable bonds is 5. The molecule has 3 aromatic carbocycles. The van der Waals surface area contributed by atoms with Crippen molar-refractivity contribution in [2.24, 2.45) is 0 Å². The molecule has 0 saturated heterocycles. The number of carbonyl (C=O) groups is 2. The Balaban J connectivity index is 1.44. The van der Waals surface area contributed by atoms with Gasteiger partial charge in [-0.25, -0.2) is 0 Å². The fourth-order valence-corrected chi connectivity index (χ4v) is 3.04. The Morgan fingerprint density at radius 1 is 0.828 bits per heavy atom. The standard InChI is InChI=1S/C23H19N3O3/c1-29-21-9-5-4-8-19(21)26-22(27)15-10-12-17(13-11-15)24-23(28)20-14-16-6-2-3-7-18(16)25-20/h2-14,25H,1H3,(H,24,28)(H,26,27). The van der Waals surface area contributed by atoms with Crippen molar-refractivity contribution in [2.75, 3.05) is 17.7 Å². The number of para-hydroxylation sites is 3. The van der Waals surface area contributed by atoms with Crippen molar-refractivity contribution in [1.29, 1.82) is 0 Å². The normalized spacial score (nSPS) is 10.5. The second kappa shape index (κ2) is 7.90. The second-order valence-electron chi connectivity index (χ2n) is 6.46. The summed E-state index contributed by atoms with van der Waals surface area (Å²) in [4.78, 5) is 28.1. The number of amides is 2. The molecule has 0 aliphatic rings. The summed E-state index contributed by atoms with van der Waals surface area (Å²) in [7, 11) is 1.55. The number of ether oxygens (including phenoxy) is 1. The van der Waals surface area contributed by atoms with Crippen molar-refractivity contribution in [2.45, 2.75) is 0 Å². The molecule has 0 radical (unpaired) electrons. The van der Waals surface area contributed by atoms with E-state index in [1.165, 1.54) is 0 Å². The minimum Gasteiger partial charge on any atom is -0.495 e. The maximum atomic E-state index is 12.5. The predicted octanol–water partition coefficient (Wildman–Crippen LogP) is 4.68. The molecule has 0 spiro atoms. The quantitative estimate of drug-likeness (QED) is 0.466. The summed E-state index contributed by atoms with van der Waals surface area (Å²) < 4.78 is 5.24. The summed E-state index contributed by atoms with van der Waals surface area (Å²) in [6.07, 6.45) is 0. The Kier molecular flexibility index (Phi) is 4.99. The Bertz CT molecular complexity index is 1150. The minimum absolute atomic E-state index is 0.243. The molecule has 0 saturated carbocycles. The summed E-state index contributed by atoms with van der Waals surface area (Å²) in [5, 5.41) is 6.63. The maximum Gasteiger partial charge on any atom is 0.272 e. The van der Waals surface area contributed by atoms with Crippen LogP contribution < -0.4 is 15.4 Å². The third kappa shape index (κ3) is 3.96. The van der Waals surface area contributed by atoms with E-state index in [4.69, 9.17) is 4.74 Å². The molecule has 1 aromatic heterocycles. The van der Waals surface area contributed by atoms with Crippen LogP contribution in [0.5, 0.6) is 5.75 Å². The largest absolute Gasteiger partial charge is 0.495 e. The van der Waals surface area contributed by atoms with Gasteiger partial charge in [-0.3, -0.25) is 9.59 Å². The molecule has 3 N–H and O–H groups in total. The number of anilines is 2. The van der Waals surface area contributed by atoms with Crippen LogP contribution in [0.4, 0.5) is 11.4 Å². The molecule has 29 heavy (non-hydrogen) atoms. The Morgan fingerprint density at radius 3 is 2.31 bits per heavy atom. The van der Waals surface area contributed by atoms with Crippen molar-refractivity contribution >= 4 is 34.1 Å². The first kappa shape index (κ1) is 18.3. The van der Waals surface area contributed by atoms with Crippen LogP contribution in [0.2, 0.25) is 0 Å². The van der Waals surface area contributed by atoms with Gasteiger partial charge in [-0.15, -0.1) is 0 Å². The van der Waals surface area contributed by atoms with Crippen LogP contribution in [0.25, 0.3) is 10.9 Å². The third-order valence-electron chi connectivity index (χ3n) is 4.53. The van der Waals surface area contributed by atoms with Crippen LogP contribution in [0, 0.1) is 0 Å². The lowest BCUT2D eigenvalue weighted by atomic mass is 10.2. The molecule has 0 atom stereocenters. The molecule has 0 aliphatic carbocycles.